The summed E-state index contributed by atoms with van der Waals surface area (Å²) in [5, 5.41) is 14.2. The maximum absolute atomic E-state index is 14.1. The smallest absolute Gasteiger partial charge is 0.335 e. The summed E-state index contributed by atoms with van der Waals surface area (Å²) >= 11 is 1.40. The number of carboxylic acids is 1. The van der Waals surface area contributed by atoms with Gasteiger partial charge in [-0.05, 0) is 13.0 Å². The number of thiazole rings is 1. The first-order valence-electron chi connectivity index (χ1n) is 6.50. The number of amidine groups is 1. The summed E-state index contributed by atoms with van der Waals surface area (Å²) in [4.78, 5) is 20.1. The molecular weight excluding hydrogens is 305 g/mol. The lowest BCUT2D eigenvalue weighted by molar-refractivity contribution is -0.133. The molecule has 22 heavy (non-hydrogen) atoms. The van der Waals surface area contributed by atoms with Gasteiger partial charge in [0.05, 0.1) is 11.1 Å². The number of aliphatic carboxylic acids is 1. The zero-order valence-corrected chi connectivity index (χ0v) is 12.4. The van der Waals surface area contributed by atoms with E-state index < -0.39 is 17.8 Å². The molecule has 0 amide bonds. The van der Waals surface area contributed by atoms with Crippen molar-refractivity contribution in [1.29, 1.82) is 0 Å². The second-order valence-corrected chi connectivity index (χ2v) is 5.46. The van der Waals surface area contributed by atoms with Crippen molar-refractivity contribution in [1.82, 2.24) is 10.3 Å². The van der Waals surface area contributed by atoms with Crippen LogP contribution in [0.4, 0.5) is 4.39 Å². The molecule has 0 aliphatic carbocycles. The molecule has 2 heterocycles. The van der Waals surface area contributed by atoms with Crippen molar-refractivity contribution in [2.75, 3.05) is 0 Å². The van der Waals surface area contributed by atoms with E-state index in [-0.39, 0.29) is 11.1 Å². The molecule has 1 atom stereocenters. The molecule has 1 aliphatic rings. The van der Waals surface area contributed by atoms with Crippen molar-refractivity contribution in [3.8, 4) is 0 Å². The molecule has 0 saturated heterocycles. The SMILES string of the molecule is CC1=C(C(=O)O)C(c2ccccc2F)N=C(c2cscn2)N1. The molecule has 5 nitrogen and oxygen atoms in total. The number of hydrogen-bond acceptors (Lipinski definition) is 5. The van der Waals surface area contributed by atoms with Crippen molar-refractivity contribution >= 4 is 23.1 Å². The summed E-state index contributed by atoms with van der Waals surface area (Å²) in [6, 6.07) is 5.15. The number of hydrogen-bond donors (Lipinski definition) is 2. The van der Waals surface area contributed by atoms with E-state index in [1.54, 1.807) is 36.0 Å². The topological polar surface area (TPSA) is 74.6 Å². The third-order valence-electron chi connectivity index (χ3n) is 3.35. The van der Waals surface area contributed by atoms with Gasteiger partial charge in [0.25, 0.3) is 0 Å². The van der Waals surface area contributed by atoms with Gasteiger partial charge in [-0.15, -0.1) is 11.3 Å². The number of halogens is 1. The van der Waals surface area contributed by atoms with Gasteiger partial charge in [0.1, 0.15) is 17.6 Å². The number of allylic oxidation sites excluding steroid dienone is 1. The Bertz CT molecular complexity index is 784. The predicted molar refractivity (Wildman–Crippen MR) is 81.3 cm³/mol. The van der Waals surface area contributed by atoms with Crippen LogP contribution in [0.3, 0.4) is 0 Å². The highest BCUT2D eigenvalue weighted by Crippen LogP contribution is 2.32. The molecule has 2 N–H and O–H groups in total. The molecule has 2 aromatic rings. The van der Waals surface area contributed by atoms with E-state index in [1.807, 2.05) is 0 Å². The molecular formula is C15H12FN3O2S. The van der Waals surface area contributed by atoms with Crippen LogP contribution in [0.5, 0.6) is 0 Å². The number of rotatable bonds is 3. The van der Waals surface area contributed by atoms with Crippen LogP contribution in [-0.2, 0) is 4.79 Å². The van der Waals surface area contributed by atoms with Crippen LogP contribution in [0.2, 0.25) is 0 Å². The summed E-state index contributed by atoms with van der Waals surface area (Å²) in [5.41, 5.74) is 2.95. The minimum absolute atomic E-state index is 0.0316. The van der Waals surface area contributed by atoms with E-state index in [9.17, 15) is 14.3 Å². The Morgan fingerprint density at radius 1 is 1.41 bits per heavy atom. The Balaban J connectivity index is 2.14. The fraction of sp³-hybridized carbons (Fsp3) is 0.133. The van der Waals surface area contributed by atoms with Crippen LogP contribution in [-0.4, -0.2) is 21.9 Å². The van der Waals surface area contributed by atoms with Crippen LogP contribution in [0.1, 0.15) is 24.2 Å². The third-order valence-corrected chi connectivity index (χ3v) is 3.93. The Morgan fingerprint density at radius 2 is 2.18 bits per heavy atom. The maximum atomic E-state index is 14.1. The quantitative estimate of drug-likeness (QED) is 0.913. The zero-order valence-electron chi connectivity index (χ0n) is 11.6. The number of benzene rings is 1. The molecule has 1 aromatic heterocycles. The number of carboxylic acid groups (broad SMARTS) is 1. The highest BCUT2D eigenvalue weighted by atomic mass is 32.1. The second kappa shape index (κ2) is 5.69. The Morgan fingerprint density at radius 3 is 2.82 bits per heavy atom. The van der Waals surface area contributed by atoms with E-state index in [1.165, 1.54) is 17.4 Å². The monoisotopic (exact) mass is 317 g/mol. The Kier molecular flexibility index (Phi) is 3.72. The predicted octanol–water partition coefficient (Wildman–Crippen LogP) is 2.73. The van der Waals surface area contributed by atoms with Gasteiger partial charge < -0.3 is 10.4 Å². The van der Waals surface area contributed by atoms with Gasteiger partial charge in [0.15, 0.2) is 5.84 Å². The summed E-state index contributed by atoms with van der Waals surface area (Å²) in [5.74, 6) is -1.17. The van der Waals surface area contributed by atoms with Crippen molar-refractivity contribution in [2.24, 2.45) is 4.99 Å². The molecule has 1 aliphatic heterocycles. The molecule has 7 heteroatoms. The standard InChI is InChI=1S/C15H12FN3O2S/c1-8-12(15(20)21)13(9-4-2-3-5-10(9)16)19-14(18-8)11-6-22-7-17-11/h2-7,13H,1H3,(H,18,19)(H,20,21). The van der Waals surface area contributed by atoms with Gasteiger partial charge in [-0.3, -0.25) is 4.99 Å². The number of nitrogens with one attached hydrogen (secondary N) is 1. The highest BCUT2D eigenvalue weighted by Gasteiger charge is 2.31. The van der Waals surface area contributed by atoms with Gasteiger partial charge in [0, 0.05) is 16.6 Å². The van der Waals surface area contributed by atoms with Crippen LogP contribution >= 0.6 is 11.3 Å². The zero-order chi connectivity index (χ0) is 15.7. The average molecular weight is 317 g/mol. The van der Waals surface area contributed by atoms with Crippen LogP contribution < -0.4 is 5.32 Å². The normalized spacial score (nSPS) is 17.9. The number of aliphatic imine (C=N–C) groups is 1. The van der Waals surface area contributed by atoms with Gasteiger partial charge in [-0.25, -0.2) is 14.2 Å². The molecule has 0 bridgehead atoms. The first-order valence-corrected chi connectivity index (χ1v) is 7.44. The minimum Gasteiger partial charge on any atom is -0.478 e. The number of carbonyl (C=O) groups is 1. The van der Waals surface area contributed by atoms with Crippen molar-refractivity contribution in [3.05, 3.63) is 63.5 Å². The fourth-order valence-corrected chi connectivity index (χ4v) is 2.87. The lowest BCUT2D eigenvalue weighted by atomic mass is 9.95. The van der Waals surface area contributed by atoms with Gasteiger partial charge in [0.2, 0.25) is 0 Å². The molecule has 0 radical (unpaired) electrons. The Hall–Kier alpha value is -2.54. The van der Waals surface area contributed by atoms with Crippen LogP contribution in [0.15, 0.2) is 51.4 Å². The Labute approximate surface area is 129 Å². The molecule has 1 unspecified atom stereocenters. The lowest BCUT2D eigenvalue weighted by Crippen LogP contribution is -2.32. The summed E-state index contributed by atoms with van der Waals surface area (Å²) in [6.07, 6.45) is 0. The molecule has 1 aromatic carbocycles. The first kappa shape index (κ1) is 14.4. The summed E-state index contributed by atoms with van der Waals surface area (Å²) in [6.45, 7) is 1.64. The van der Waals surface area contributed by atoms with Gasteiger partial charge >= 0.3 is 5.97 Å². The van der Waals surface area contributed by atoms with Gasteiger partial charge in [-0.1, -0.05) is 18.2 Å². The molecule has 0 fully saturated rings. The van der Waals surface area contributed by atoms with E-state index >= 15 is 0 Å². The number of nitrogens with zero attached hydrogens (tertiary/aromatic N) is 2. The minimum atomic E-state index is -1.13. The van der Waals surface area contributed by atoms with Crippen LogP contribution in [0.25, 0.3) is 0 Å². The summed E-state index contributed by atoms with van der Waals surface area (Å²) < 4.78 is 14.1. The van der Waals surface area contributed by atoms with E-state index in [4.69, 9.17) is 0 Å². The van der Waals surface area contributed by atoms with Crippen molar-refractivity contribution in [2.45, 2.75) is 13.0 Å². The molecule has 0 saturated carbocycles. The van der Waals surface area contributed by atoms with Crippen molar-refractivity contribution in [3.63, 3.8) is 0 Å². The highest BCUT2D eigenvalue weighted by molar-refractivity contribution is 7.07. The maximum Gasteiger partial charge on any atom is 0.335 e. The molecule has 0 spiro atoms. The molecule has 112 valence electrons. The van der Waals surface area contributed by atoms with E-state index in [0.717, 1.165) is 0 Å². The lowest BCUT2D eigenvalue weighted by Gasteiger charge is -2.24. The third kappa shape index (κ3) is 2.50. The van der Waals surface area contributed by atoms with Crippen LogP contribution in [0, 0.1) is 5.82 Å². The molecule has 3 rings (SSSR count). The summed E-state index contributed by atoms with van der Waals surface area (Å²) in [7, 11) is 0. The number of aromatic nitrogens is 1. The fourth-order valence-electron chi connectivity index (χ4n) is 2.33. The van der Waals surface area contributed by atoms with Crippen molar-refractivity contribution < 1.29 is 14.3 Å². The van der Waals surface area contributed by atoms with E-state index in [0.29, 0.717) is 17.2 Å². The second-order valence-electron chi connectivity index (χ2n) is 4.74. The van der Waals surface area contributed by atoms with E-state index in [2.05, 4.69) is 15.3 Å². The average Bonchev–Trinajstić information content (AvgIpc) is 3.00. The largest absolute Gasteiger partial charge is 0.478 e. The first-order chi connectivity index (χ1) is 10.6. The van der Waals surface area contributed by atoms with Gasteiger partial charge in [-0.2, -0.15) is 0 Å².